The van der Waals surface area contributed by atoms with Gasteiger partial charge in [0.1, 0.15) is 0 Å². The van der Waals surface area contributed by atoms with Crippen molar-refractivity contribution < 1.29 is 18.0 Å². The first kappa shape index (κ1) is 22.0. The quantitative estimate of drug-likeness (QED) is 0.673. The SMILES string of the molecule is CCN(CC)S(=O)(=O)c1ccc(NC(=O)CC[C@H]2Cc3ccccc3NC2=O)cc1. The zero-order chi connectivity index (χ0) is 21.7. The first-order valence-corrected chi connectivity index (χ1v) is 11.6. The van der Waals surface area contributed by atoms with Crippen molar-refractivity contribution >= 4 is 33.2 Å². The maximum absolute atomic E-state index is 12.5. The van der Waals surface area contributed by atoms with Crippen molar-refractivity contribution in [2.24, 2.45) is 5.92 Å². The van der Waals surface area contributed by atoms with E-state index in [9.17, 15) is 18.0 Å². The molecule has 0 saturated carbocycles. The monoisotopic (exact) mass is 429 g/mol. The summed E-state index contributed by atoms with van der Waals surface area (Å²) in [5, 5.41) is 5.66. The zero-order valence-electron chi connectivity index (χ0n) is 17.2. The minimum atomic E-state index is -3.53. The third-order valence-corrected chi connectivity index (χ3v) is 7.38. The van der Waals surface area contributed by atoms with Gasteiger partial charge in [-0.15, -0.1) is 0 Å². The average Bonchev–Trinajstić information content (AvgIpc) is 2.73. The van der Waals surface area contributed by atoms with Crippen LogP contribution in [0.25, 0.3) is 0 Å². The van der Waals surface area contributed by atoms with Crippen molar-refractivity contribution in [2.45, 2.75) is 38.0 Å². The highest BCUT2D eigenvalue weighted by Crippen LogP contribution is 2.27. The Morgan fingerprint density at radius 3 is 2.43 bits per heavy atom. The molecule has 2 N–H and O–H groups in total. The van der Waals surface area contributed by atoms with Gasteiger partial charge in [0.15, 0.2) is 0 Å². The molecular formula is C22H27N3O4S. The number of fused-ring (bicyclic) bond motifs is 1. The molecule has 30 heavy (non-hydrogen) atoms. The molecule has 0 spiro atoms. The molecule has 8 heteroatoms. The van der Waals surface area contributed by atoms with Crippen LogP contribution in [0.3, 0.4) is 0 Å². The molecule has 160 valence electrons. The molecule has 2 aromatic rings. The highest BCUT2D eigenvalue weighted by Gasteiger charge is 2.26. The van der Waals surface area contributed by atoms with E-state index in [-0.39, 0.29) is 29.0 Å². The number of carbonyl (C=O) groups is 2. The molecule has 0 unspecified atom stereocenters. The van der Waals surface area contributed by atoms with E-state index in [4.69, 9.17) is 0 Å². The number of sulfonamides is 1. The van der Waals surface area contributed by atoms with Gasteiger partial charge in [0, 0.05) is 36.8 Å². The molecule has 1 atom stereocenters. The Kier molecular flexibility index (Phi) is 6.89. The summed E-state index contributed by atoms with van der Waals surface area (Å²) in [4.78, 5) is 24.8. The fourth-order valence-corrected chi connectivity index (χ4v) is 5.06. The van der Waals surface area contributed by atoms with Crippen LogP contribution < -0.4 is 10.6 Å². The van der Waals surface area contributed by atoms with Gasteiger partial charge in [-0.1, -0.05) is 32.0 Å². The summed E-state index contributed by atoms with van der Waals surface area (Å²) in [7, 11) is -3.53. The van der Waals surface area contributed by atoms with Crippen molar-refractivity contribution in [1.29, 1.82) is 0 Å². The van der Waals surface area contributed by atoms with Crippen LogP contribution in [-0.2, 0) is 26.0 Å². The van der Waals surface area contributed by atoms with Crippen LogP contribution in [0.1, 0.15) is 32.3 Å². The molecule has 1 aliphatic rings. The summed E-state index contributed by atoms with van der Waals surface area (Å²) in [5.41, 5.74) is 2.44. The summed E-state index contributed by atoms with van der Waals surface area (Å²) in [6.07, 6.45) is 1.27. The highest BCUT2D eigenvalue weighted by atomic mass is 32.2. The lowest BCUT2D eigenvalue weighted by Crippen LogP contribution is -2.30. The lowest BCUT2D eigenvalue weighted by atomic mass is 9.89. The van der Waals surface area contributed by atoms with Gasteiger partial charge >= 0.3 is 0 Å². The number of hydrogen-bond acceptors (Lipinski definition) is 4. The third kappa shape index (κ3) is 4.88. The second-order valence-electron chi connectivity index (χ2n) is 7.25. The van der Waals surface area contributed by atoms with Crippen LogP contribution in [0.2, 0.25) is 0 Å². The summed E-state index contributed by atoms with van der Waals surface area (Å²) in [5.74, 6) is -0.513. The van der Waals surface area contributed by atoms with Gasteiger partial charge in [0.2, 0.25) is 21.8 Å². The number of amides is 2. The van der Waals surface area contributed by atoms with E-state index in [2.05, 4.69) is 10.6 Å². The summed E-state index contributed by atoms with van der Waals surface area (Å²) in [6, 6.07) is 13.8. The second kappa shape index (κ2) is 9.40. The van der Waals surface area contributed by atoms with E-state index in [1.54, 1.807) is 26.0 Å². The number of nitrogens with one attached hydrogen (secondary N) is 2. The predicted octanol–water partition coefficient (Wildman–Crippen LogP) is 3.25. The third-order valence-electron chi connectivity index (χ3n) is 5.31. The topological polar surface area (TPSA) is 95.6 Å². The van der Waals surface area contributed by atoms with E-state index in [1.165, 1.54) is 16.4 Å². The lowest BCUT2D eigenvalue weighted by molar-refractivity contribution is -0.121. The van der Waals surface area contributed by atoms with Crippen LogP contribution in [0, 0.1) is 5.92 Å². The molecular weight excluding hydrogens is 402 g/mol. The number of para-hydroxylation sites is 1. The first-order chi connectivity index (χ1) is 14.3. The molecule has 0 bridgehead atoms. The van der Waals surface area contributed by atoms with Crippen LogP contribution in [0.5, 0.6) is 0 Å². The van der Waals surface area contributed by atoms with Crippen LogP contribution in [0.15, 0.2) is 53.4 Å². The normalized spacial score (nSPS) is 16.1. The van der Waals surface area contributed by atoms with Gasteiger partial charge in [0.25, 0.3) is 0 Å². The van der Waals surface area contributed by atoms with Gasteiger partial charge < -0.3 is 10.6 Å². The highest BCUT2D eigenvalue weighted by molar-refractivity contribution is 7.89. The van der Waals surface area contributed by atoms with Crippen molar-refractivity contribution in [3.63, 3.8) is 0 Å². The number of benzene rings is 2. The second-order valence-corrected chi connectivity index (χ2v) is 9.19. The van der Waals surface area contributed by atoms with E-state index in [1.807, 2.05) is 24.3 Å². The van der Waals surface area contributed by atoms with Crippen molar-refractivity contribution in [1.82, 2.24) is 4.31 Å². The molecule has 7 nitrogen and oxygen atoms in total. The Morgan fingerprint density at radius 2 is 1.77 bits per heavy atom. The minimum absolute atomic E-state index is 0.0625. The number of anilines is 2. The molecule has 1 aliphatic heterocycles. The lowest BCUT2D eigenvalue weighted by Gasteiger charge is -2.24. The van der Waals surface area contributed by atoms with Gasteiger partial charge in [-0.25, -0.2) is 8.42 Å². The number of nitrogens with zero attached hydrogens (tertiary/aromatic N) is 1. The number of rotatable bonds is 8. The average molecular weight is 430 g/mol. The molecule has 1 heterocycles. The Balaban J connectivity index is 1.56. The Labute approximate surface area is 177 Å². The Morgan fingerprint density at radius 1 is 1.10 bits per heavy atom. The summed E-state index contributed by atoms with van der Waals surface area (Å²) in [6.45, 7) is 4.38. The Bertz CT molecular complexity index is 1010. The van der Waals surface area contributed by atoms with Crippen LogP contribution in [0.4, 0.5) is 11.4 Å². The molecule has 0 saturated heterocycles. The summed E-state index contributed by atoms with van der Waals surface area (Å²) < 4.78 is 26.4. The van der Waals surface area contributed by atoms with E-state index < -0.39 is 10.0 Å². The van der Waals surface area contributed by atoms with Crippen LogP contribution in [-0.4, -0.2) is 37.6 Å². The largest absolute Gasteiger partial charge is 0.326 e. The maximum Gasteiger partial charge on any atom is 0.243 e. The maximum atomic E-state index is 12.5. The number of carbonyl (C=O) groups excluding carboxylic acids is 2. The van der Waals surface area contributed by atoms with Gasteiger partial charge in [0.05, 0.1) is 4.90 Å². The van der Waals surface area contributed by atoms with Gasteiger partial charge in [-0.2, -0.15) is 4.31 Å². The fraction of sp³-hybridized carbons (Fsp3) is 0.364. The van der Waals surface area contributed by atoms with Crippen LogP contribution >= 0.6 is 0 Å². The smallest absolute Gasteiger partial charge is 0.243 e. The van der Waals surface area contributed by atoms with Crippen molar-refractivity contribution in [3.05, 3.63) is 54.1 Å². The molecule has 3 rings (SSSR count). The minimum Gasteiger partial charge on any atom is -0.326 e. The molecule has 0 aromatic heterocycles. The fourth-order valence-electron chi connectivity index (χ4n) is 3.60. The first-order valence-electron chi connectivity index (χ1n) is 10.1. The molecule has 0 aliphatic carbocycles. The van der Waals surface area contributed by atoms with Gasteiger partial charge in [-0.3, -0.25) is 9.59 Å². The Hall–Kier alpha value is -2.71. The van der Waals surface area contributed by atoms with Crippen molar-refractivity contribution in [2.75, 3.05) is 23.7 Å². The number of hydrogen-bond donors (Lipinski definition) is 2. The molecule has 2 amide bonds. The van der Waals surface area contributed by atoms with Crippen molar-refractivity contribution in [3.8, 4) is 0 Å². The molecule has 2 aromatic carbocycles. The van der Waals surface area contributed by atoms with E-state index >= 15 is 0 Å². The van der Waals surface area contributed by atoms with E-state index in [0.717, 1.165) is 11.3 Å². The predicted molar refractivity (Wildman–Crippen MR) is 117 cm³/mol. The van der Waals surface area contributed by atoms with Gasteiger partial charge in [-0.05, 0) is 48.7 Å². The molecule has 0 fully saturated rings. The van der Waals surface area contributed by atoms with E-state index in [0.29, 0.717) is 31.6 Å². The standard InChI is InChI=1S/C22H27N3O4S/c1-3-25(4-2)30(28,29)19-12-10-18(11-13-19)23-21(26)14-9-17-15-16-7-5-6-8-20(16)24-22(17)27/h5-8,10-13,17H,3-4,9,14-15H2,1-2H3,(H,23,26)(H,24,27)/t17-/m0/s1. The zero-order valence-corrected chi connectivity index (χ0v) is 18.0. The molecule has 0 radical (unpaired) electrons. The summed E-state index contributed by atoms with van der Waals surface area (Å²) >= 11 is 0.